The normalized spacial score (nSPS) is 12.8. The van der Waals surface area contributed by atoms with Crippen LogP contribution in [0.3, 0.4) is 0 Å². The lowest BCUT2D eigenvalue weighted by Crippen LogP contribution is -2.38. The third-order valence-electron chi connectivity index (χ3n) is 1.85. The molecule has 80 valence electrons. The van der Waals surface area contributed by atoms with E-state index in [4.69, 9.17) is 5.73 Å². The first kappa shape index (κ1) is 12.9. The lowest BCUT2D eigenvalue weighted by atomic mass is 10.4. The molecule has 0 rings (SSSR count). The Balaban J connectivity index is 4.40. The van der Waals surface area contributed by atoms with Crippen LogP contribution in [0.1, 0.15) is 27.2 Å². The van der Waals surface area contributed by atoms with Crippen LogP contribution in [0, 0.1) is 0 Å². The van der Waals surface area contributed by atoms with Gasteiger partial charge >= 0.3 is 0 Å². The molecule has 0 unspecified atom stereocenters. The minimum atomic E-state index is -3.08. The van der Waals surface area contributed by atoms with Gasteiger partial charge in [0.25, 0.3) is 0 Å². The summed E-state index contributed by atoms with van der Waals surface area (Å²) in [4.78, 5) is 0. The van der Waals surface area contributed by atoms with Crippen molar-refractivity contribution >= 4 is 10.0 Å². The maximum Gasteiger partial charge on any atom is 0.214 e. The maximum atomic E-state index is 11.6. The third-order valence-corrected chi connectivity index (χ3v) is 4.05. The topological polar surface area (TPSA) is 63.4 Å². The molecule has 0 aliphatic carbocycles. The molecule has 0 spiro atoms. The van der Waals surface area contributed by atoms with Crippen LogP contribution in [0.5, 0.6) is 0 Å². The molecule has 0 atom stereocenters. The Morgan fingerprint density at radius 2 is 1.92 bits per heavy atom. The highest BCUT2D eigenvalue weighted by Crippen LogP contribution is 2.07. The van der Waals surface area contributed by atoms with Crippen molar-refractivity contribution in [2.24, 2.45) is 5.73 Å². The van der Waals surface area contributed by atoms with E-state index in [1.54, 1.807) is 0 Å². The van der Waals surface area contributed by atoms with Crippen LogP contribution in [-0.4, -0.2) is 37.6 Å². The Morgan fingerprint density at radius 1 is 1.38 bits per heavy atom. The van der Waals surface area contributed by atoms with E-state index in [2.05, 4.69) is 0 Å². The van der Waals surface area contributed by atoms with E-state index in [-0.39, 0.29) is 11.8 Å². The van der Waals surface area contributed by atoms with Gasteiger partial charge in [-0.05, 0) is 26.8 Å². The summed E-state index contributed by atoms with van der Waals surface area (Å²) in [6, 6.07) is 0.0350. The van der Waals surface area contributed by atoms with Gasteiger partial charge in [-0.3, -0.25) is 0 Å². The minimum Gasteiger partial charge on any atom is -0.330 e. The van der Waals surface area contributed by atoms with E-state index in [1.807, 2.05) is 20.8 Å². The molecular formula is C8H20N2O2S. The Bertz CT molecular complexity index is 224. The number of nitrogens with zero attached hydrogens (tertiary/aromatic N) is 1. The summed E-state index contributed by atoms with van der Waals surface area (Å²) < 4.78 is 24.8. The van der Waals surface area contributed by atoms with E-state index < -0.39 is 10.0 Å². The van der Waals surface area contributed by atoms with Crippen molar-refractivity contribution in [2.75, 3.05) is 18.8 Å². The fourth-order valence-corrected chi connectivity index (χ4v) is 3.07. The highest BCUT2D eigenvalue weighted by Gasteiger charge is 2.21. The molecule has 0 radical (unpaired) electrons. The number of nitrogens with two attached hydrogens (primary N) is 1. The maximum absolute atomic E-state index is 11.6. The molecule has 0 saturated heterocycles. The van der Waals surface area contributed by atoms with Gasteiger partial charge in [0, 0.05) is 12.6 Å². The molecule has 0 aromatic heterocycles. The second-order valence-corrected chi connectivity index (χ2v) is 5.30. The molecule has 0 heterocycles. The molecule has 5 heteroatoms. The Kier molecular flexibility index (Phi) is 5.51. The van der Waals surface area contributed by atoms with Crippen LogP contribution >= 0.6 is 0 Å². The molecule has 2 N–H and O–H groups in total. The SMILES string of the molecule is CCN(C(C)C)S(=O)(=O)CCCN. The number of sulfonamides is 1. The molecule has 0 saturated carbocycles. The molecule has 0 aliphatic rings. The van der Waals surface area contributed by atoms with E-state index >= 15 is 0 Å². The molecule has 0 amide bonds. The molecule has 0 fully saturated rings. The summed E-state index contributed by atoms with van der Waals surface area (Å²) in [5.74, 6) is 0.162. The second-order valence-electron chi connectivity index (χ2n) is 3.26. The van der Waals surface area contributed by atoms with Gasteiger partial charge < -0.3 is 5.73 Å². The van der Waals surface area contributed by atoms with Crippen LogP contribution < -0.4 is 5.73 Å². The first-order valence-corrected chi connectivity index (χ1v) is 6.26. The van der Waals surface area contributed by atoms with Crippen LogP contribution in [0.15, 0.2) is 0 Å². The summed E-state index contributed by atoms with van der Waals surface area (Å²) in [7, 11) is -3.08. The van der Waals surface area contributed by atoms with Gasteiger partial charge in [0.15, 0.2) is 0 Å². The van der Waals surface area contributed by atoms with Crippen molar-refractivity contribution in [1.29, 1.82) is 0 Å². The van der Waals surface area contributed by atoms with Gasteiger partial charge in [0.1, 0.15) is 0 Å². The van der Waals surface area contributed by atoms with Gasteiger partial charge in [0.05, 0.1) is 5.75 Å². The summed E-state index contributed by atoms with van der Waals surface area (Å²) in [5, 5.41) is 0. The Labute approximate surface area is 81.2 Å². The first-order chi connectivity index (χ1) is 5.95. The first-order valence-electron chi connectivity index (χ1n) is 4.65. The molecule has 0 bridgehead atoms. The minimum absolute atomic E-state index is 0.0350. The van der Waals surface area contributed by atoms with E-state index in [0.717, 1.165) is 0 Å². The van der Waals surface area contributed by atoms with E-state index in [9.17, 15) is 8.42 Å². The smallest absolute Gasteiger partial charge is 0.214 e. The third kappa shape index (κ3) is 4.06. The zero-order chi connectivity index (χ0) is 10.5. The monoisotopic (exact) mass is 208 g/mol. The molecule has 13 heavy (non-hydrogen) atoms. The standard InChI is InChI=1S/C8H20N2O2S/c1-4-10(8(2)3)13(11,12)7-5-6-9/h8H,4-7,9H2,1-3H3. The van der Waals surface area contributed by atoms with Crippen LogP contribution in [0.4, 0.5) is 0 Å². The van der Waals surface area contributed by atoms with Gasteiger partial charge in [-0.15, -0.1) is 0 Å². The van der Waals surface area contributed by atoms with Crippen molar-refractivity contribution in [2.45, 2.75) is 33.2 Å². The zero-order valence-corrected chi connectivity index (χ0v) is 9.47. The van der Waals surface area contributed by atoms with Crippen LogP contribution in [0.25, 0.3) is 0 Å². The second kappa shape index (κ2) is 5.57. The highest BCUT2D eigenvalue weighted by atomic mass is 32.2. The summed E-state index contributed by atoms with van der Waals surface area (Å²) in [5.41, 5.74) is 5.27. The van der Waals surface area contributed by atoms with Crippen molar-refractivity contribution in [3.63, 3.8) is 0 Å². The molecule has 0 aromatic rings. The van der Waals surface area contributed by atoms with Gasteiger partial charge in [-0.1, -0.05) is 6.92 Å². The van der Waals surface area contributed by atoms with Crippen LogP contribution in [-0.2, 0) is 10.0 Å². The van der Waals surface area contributed by atoms with Crippen molar-refractivity contribution < 1.29 is 8.42 Å². The number of hydrogen-bond acceptors (Lipinski definition) is 3. The van der Waals surface area contributed by atoms with Gasteiger partial charge in [0.2, 0.25) is 10.0 Å². The fourth-order valence-electron chi connectivity index (χ4n) is 1.27. The number of hydrogen-bond donors (Lipinski definition) is 1. The molecular weight excluding hydrogens is 188 g/mol. The average Bonchev–Trinajstić information content (AvgIpc) is 2.01. The molecule has 4 nitrogen and oxygen atoms in total. The molecule has 0 aromatic carbocycles. The van der Waals surface area contributed by atoms with Crippen molar-refractivity contribution in [1.82, 2.24) is 4.31 Å². The fraction of sp³-hybridized carbons (Fsp3) is 1.00. The summed E-state index contributed by atoms with van der Waals surface area (Å²) in [6.45, 7) is 6.56. The number of rotatable bonds is 6. The zero-order valence-electron chi connectivity index (χ0n) is 8.66. The van der Waals surface area contributed by atoms with Gasteiger partial charge in [-0.25, -0.2) is 8.42 Å². The van der Waals surface area contributed by atoms with Crippen molar-refractivity contribution in [3.8, 4) is 0 Å². The summed E-state index contributed by atoms with van der Waals surface area (Å²) >= 11 is 0. The van der Waals surface area contributed by atoms with E-state index in [0.29, 0.717) is 19.5 Å². The predicted molar refractivity (Wildman–Crippen MR) is 55.0 cm³/mol. The predicted octanol–water partition coefficient (Wildman–Crippen LogP) is 0.395. The molecule has 0 aliphatic heterocycles. The lowest BCUT2D eigenvalue weighted by molar-refractivity contribution is 0.368. The largest absolute Gasteiger partial charge is 0.330 e. The highest BCUT2D eigenvalue weighted by molar-refractivity contribution is 7.89. The van der Waals surface area contributed by atoms with E-state index in [1.165, 1.54) is 4.31 Å². The quantitative estimate of drug-likeness (QED) is 0.687. The average molecular weight is 208 g/mol. The Morgan fingerprint density at radius 3 is 2.23 bits per heavy atom. The van der Waals surface area contributed by atoms with Gasteiger partial charge in [-0.2, -0.15) is 4.31 Å². The lowest BCUT2D eigenvalue weighted by Gasteiger charge is -2.24. The summed E-state index contributed by atoms with van der Waals surface area (Å²) in [6.07, 6.45) is 0.533. The Hall–Kier alpha value is -0.130. The van der Waals surface area contributed by atoms with Crippen molar-refractivity contribution in [3.05, 3.63) is 0 Å². The van der Waals surface area contributed by atoms with Crippen LogP contribution in [0.2, 0.25) is 0 Å².